The second kappa shape index (κ2) is 8.96. The van der Waals surface area contributed by atoms with Crippen molar-refractivity contribution >= 4 is 11.4 Å². The first-order valence-electron chi connectivity index (χ1n) is 7.83. The number of para-hydroxylation sites is 1. The van der Waals surface area contributed by atoms with E-state index in [4.69, 9.17) is 0 Å². The minimum atomic E-state index is 1.02. The number of hydrogen-bond donors (Lipinski definition) is 1. The van der Waals surface area contributed by atoms with Crippen molar-refractivity contribution in [2.75, 3.05) is 5.43 Å². The zero-order chi connectivity index (χ0) is 14.8. The van der Waals surface area contributed by atoms with E-state index in [1.54, 1.807) is 0 Å². The Morgan fingerprint density at radius 1 is 0.857 bits per heavy atom. The Balaban J connectivity index is 2.04. The number of nitrogens with one attached hydrogen (secondary N) is 1. The maximum atomic E-state index is 4.63. The normalized spacial score (nSPS) is 11.4. The number of nitrogens with zero attached hydrogens (tertiary/aromatic N) is 1. The number of hydrogen-bond acceptors (Lipinski definition) is 2. The largest absolute Gasteiger partial charge is 0.278 e. The van der Waals surface area contributed by atoms with E-state index in [9.17, 15) is 0 Å². The number of anilines is 1. The summed E-state index contributed by atoms with van der Waals surface area (Å²) in [7, 11) is 0. The van der Waals surface area contributed by atoms with Crippen molar-refractivity contribution in [1.82, 2.24) is 0 Å². The molecule has 2 aromatic carbocycles. The van der Waals surface area contributed by atoms with Gasteiger partial charge in [0.1, 0.15) is 0 Å². The van der Waals surface area contributed by atoms with Crippen molar-refractivity contribution in [3.63, 3.8) is 0 Å². The zero-order valence-corrected chi connectivity index (χ0v) is 12.8. The number of unbranched alkanes of at least 4 members (excludes halogenated alkanes) is 3. The molecule has 0 saturated heterocycles. The smallest absolute Gasteiger partial charge is 0.0679 e. The molecule has 0 aliphatic carbocycles. The molecule has 0 saturated carbocycles. The fourth-order valence-corrected chi connectivity index (χ4v) is 2.26. The molecular formula is C19H24N2. The maximum Gasteiger partial charge on any atom is 0.0679 e. The summed E-state index contributed by atoms with van der Waals surface area (Å²) in [6, 6.07) is 20.5. The van der Waals surface area contributed by atoms with Crippen LogP contribution in [0.2, 0.25) is 0 Å². The molecule has 0 spiro atoms. The Morgan fingerprint density at radius 3 is 2.19 bits per heavy atom. The van der Waals surface area contributed by atoms with Gasteiger partial charge in [-0.3, -0.25) is 5.43 Å². The van der Waals surface area contributed by atoms with Gasteiger partial charge in [0.15, 0.2) is 0 Å². The molecule has 0 aromatic heterocycles. The highest BCUT2D eigenvalue weighted by Crippen LogP contribution is 2.12. The van der Waals surface area contributed by atoms with E-state index in [1.807, 2.05) is 36.4 Å². The third-order valence-corrected chi connectivity index (χ3v) is 3.47. The van der Waals surface area contributed by atoms with Gasteiger partial charge in [-0.25, -0.2) is 0 Å². The van der Waals surface area contributed by atoms with Crippen LogP contribution in [0.5, 0.6) is 0 Å². The van der Waals surface area contributed by atoms with Crippen molar-refractivity contribution in [3.8, 4) is 0 Å². The van der Waals surface area contributed by atoms with Crippen molar-refractivity contribution in [3.05, 3.63) is 66.2 Å². The van der Waals surface area contributed by atoms with E-state index >= 15 is 0 Å². The molecule has 0 radical (unpaired) electrons. The third kappa shape index (κ3) is 5.42. The minimum absolute atomic E-state index is 1.02. The Bertz CT molecular complexity index is 532. The molecule has 2 aromatic rings. The van der Waals surface area contributed by atoms with Crippen molar-refractivity contribution < 1.29 is 0 Å². The van der Waals surface area contributed by atoms with Crippen LogP contribution in [0.4, 0.5) is 5.69 Å². The Hall–Kier alpha value is -2.09. The summed E-state index contributed by atoms with van der Waals surface area (Å²) in [5, 5.41) is 4.63. The molecule has 2 heteroatoms. The first-order valence-corrected chi connectivity index (χ1v) is 7.83. The van der Waals surface area contributed by atoms with Crippen molar-refractivity contribution in [2.24, 2.45) is 5.10 Å². The highest BCUT2D eigenvalue weighted by atomic mass is 15.3. The predicted octanol–water partition coefficient (Wildman–Crippen LogP) is 5.47. The van der Waals surface area contributed by atoms with Crippen molar-refractivity contribution in [2.45, 2.75) is 39.0 Å². The van der Waals surface area contributed by atoms with E-state index < -0.39 is 0 Å². The second-order valence-corrected chi connectivity index (χ2v) is 5.21. The fourth-order valence-electron chi connectivity index (χ4n) is 2.26. The lowest BCUT2D eigenvalue weighted by Crippen LogP contribution is -2.04. The summed E-state index contributed by atoms with van der Waals surface area (Å²) in [4.78, 5) is 0. The molecule has 21 heavy (non-hydrogen) atoms. The average molecular weight is 280 g/mol. The van der Waals surface area contributed by atoms with Crippen LogP contribution < -0.4 is 5.43 Å². The molecule has 110 valence electrons. The molecule has 2 rings (SSSR count). The van der Waals surface area contributed by atoms with E-state index in [-0.39, 0.29) is 0 Å². The van der Waals surface area contributed by atoms with E-state index in [2.05, 4.69) is 41.7 Å². The van der Waals surface area contributed by atoms with Gasteiger partial charge in [0, 0.05) is 0 Å². The standard InChI is InChI=1S/C19H24N2/c1-2-3-4-11-16-19(17-12-7-5-8-13-17)21-20-18-14-9-6-10-15-18/h5-10,12-15,20H,2-4,11,16H2,1H3/b21-19-. The monoisotopic (exact) mass is 280 g/mol. The van der Waals surface area contributed by atoms with Crippen LogP contribution in [-0.2, 0) is 0 Å². The maximum absolute atomic E-state index is 4.63. The van der Waals surface area contributed by atoms with Crippen LogP contribution in [0.25, 0.3) is 0 Å². The van der Waals surface area contributed by atoms with Crippen LogP contribution in [-0.4, -0.2) is 5.71 Å². The Morgan fingerprint density at radius 2 is 1.52 bits per heavy atom. The summed E-state index contributed by atoms with van der Waals surface area (Å²) in [6.45, 7) is 2.24. The lowest BCUT2D eigenvalue weighted by atomic mass is 10.0. The first kappa shape index (κ1) is 15.3. The SMILES string of the molecule is CCCCCC/C(=N/Nc1ccccc1)c1ccccc1. The van der Waals surface area contributed by atoms with Crippen LogP contribution in [0.1, 0.15) is 44.6 Å². The molecule has 0 aliphatic rings. The highest BCUT2D eigenvalue weighted by molar-refractivity contribution is 6.00. The van der Waals surface area contributed by atoms with Crippen LogP contribution >= 0.6 is 0 Å². The molecule has 0 unspecified atom stereocenters. The van der Waals surface area contributed by atoms with E-state index in [0.29, 0.717) is 0 Å². The summed E-state index contributed by atoms with van der Waals surface area (Å²) < 4.78 is 0. The number of hydrazone groups is 1. The predicted molar refractivity (Wildman–Crippen MR) is 91.8 cm³/mol. The lowest BCUT2D eigenvalue weighted by Gasteiger charge is -2.08. The second-order valence-electron chi connectivity index (χ2n) is 5.21. The highest BCUT2D eigenvalue weighted by Gasteiger charge is 2.03. The van der Waals surface area contributed by atoms with Gasteiger partial charge in [0.25, 0.3) is 0 Å². The Labute approximate surface area is 127 Å². The third-order valence-electron chi connectivity index (χ3n) is 3.47. The van der Waals surface area contributed by atoms with Gasteiger partial charge >= 0.3 is 0 Å². The molecule has 1 N–H and O–H groups in total. The number of benzene rings is 2. The summed E-state index contributed by atoms with van der Waals surface area (Å²) in [6.07, 6.45) is 6.05. The van der Waals surface area contributed by atoms with Crippen LogP contribution in [0.3, 0.4) is 0 Å². The molecule has 0 fully saturated rings. The molecular weight excluding hydrogens is 256 g/mol. The first-order chi connectivity index (χ1) is 10.4. The molecule has 0 heterocycles. The lowest BCUT2D eigenvalue weighted by molar-refractivity contribution is 0.683. The zero-order valence-electron chi connectivity index (χ0n) is 12.8. The molecule has 0 bridgehead atoms. The van der Waals surface area contributed by atoms with Gasteiger partial charge in [-0.05, 0) is 30.5 Å². The van der Waals surface area contributed by atoms with Crippen molar-refractivity contribution in [1.29, 1.82) is 0 Å². The van der Waals surface area contributed by atoms with Gasteiger partial charge in [-0.2, -0.15) is 5.10 Å². The summed E-state index contributed by atoms with van der Waals surface area (Å²) in [5.41, 5.74) is 6.54. The summed E-state index contributed by atoms with van der Waals surface area (Å²) >= 11 is 0. The topological polar surface area (TPSA) is 24.4 Å². The molecule has 0 amide bonds. The van der Waals surface area contributed by atoms with E-state index in [0.717, 1.165) is 17.8 Å². The van der Waals surface area contributed by atoms with Gasteiger partial charge in [-0.15, -0.1) is 0 Å². The van der Waals surface area contributed by atoms with Gasteiger partial charge in [0.2, 0.25) is 0 Å². The van der Waals surface area contributed by atoms with Gasteiger partial charge < -0.3 is 0 Å². The Kier molecular flexibility index (Phi) is 6.53. The van der Waals surface area contributed by atoms with Crippen LogP contribution in [0.15, 0.2) is 65.8 Å². The molecule has 0 atom stereocenters. The quantitative estimate of drug-likeness (QED) is 0.387. The van der Waals surface area contributed by atoms with E-state index in [1.165, 1.54) is 31.2 Å². The van der Waals surface area contributed by atoms with Gasteiger partial charge in [0.05, 0.1) is 11.4 Å². The summed E-state index contributed by atoms with van der Waals surface area (Å²) in [5.74, 6) is 0. The average Bonchev–Trinajstić information content (AvgIpc) is 2.56. The minimum Gasteiger partial charge on any atom is -0.278 e. The van der Waals surface area contributed by atoms with Crippen LogP contribution in [0, 0.1) is 0 Å². The molecule has 0 aliphatic heterocycles. The fraction of sp³-hybridized carbons (Fsp3) is 0.316. The number of rotatable bonds is 8. The van der Waals surface area contributed by atoms with Gasteiger partial charge in [-0.1, -0.05) is 74.7 Å². The molecule has 2 nitrogen and oxygen atoms in total.